The van der Waals surface area contributed by atoms with Crippen LogP contribution >= 0.6 is 0 Å². The summed E-state index contributed by atoms with van der Waals surface area (Å²) in [6, 6.07) is 0. The molecule has 2 unspecified atom stereocenters. The predicted molar refractivity (Wildman–Crippen MR) is 49.9 cm³/mol. The third-order valence-corrected chi connectivity index (χ3v) is 2.99. The predicted octanol–water partition coefficient (Wildman–Crippen LogP) is 0.0587. The maximum absolute atomic E-state index is 11.2. The average Bonchev–Trinajstić information content (AvgIpc) is 2.52. The van der Waals surface area contributed by atoms with Gasteiger partial charge in [0.2, 0.25) is 0 Å². The van der Waals surface area contributed by atoms with Crippen LogP contribution in [0.5, 0.6) is 0 Å². The molecule has 0 aromatic rings. The number of fused-ring (bicyclic) bond motifs is 1. The van der Waals surface area contributed by atoms with E-state index in [9.17, 15) is 9.90 Å². The molecule has 2 aliphatic rings. The molecule has 0 saturated carbocycles. The Bertz CT molecular complexity index is 265. The van der Waals surface area contributed by atoms with Gasteiger partial charge < -0.3 is 19.3 Å². The smallest absolute Gasteiger partial charge is 0.188 e. The first-order valence-corrected chi connectivity index (χ1v) is 5.15. The number of carbonyl (C=O) groups is 1. The second kappa shape index (κ2) is 3.83. The SMILES string of the molecule is CC(=O)[C@@H]1O[C@H]2OC(C)O[C@H]2C(C)[C@@H]1O. The van der Waals surface area contributed by atoms with Crippen molar-refractivity contribution in [3.63, 3.8) is 0 Å². The molecule has 0 bridgehead atoms. The lowest BCUT2D eigenvalue weighted by molar-refractivity contribution is -0.225. The van der Waals surface area contributed by atoms with Crippen molar-refractivity contribution < 1.29 is 24.1 Å². The first kappa shape index (κ1) is 11.0. The lowest BCUT2D eigenvalue weighted by Gasteiger charge is -2.37. The summed E-state index contributed by atoms with van der Waals surface area (Å²) in [7, 11) is 0. The highest BCUT2D eigenvalue weighted by molar-refractivity contribution is 5.81. The van der Waals surface area contributed by atoms with E-state index >= 15 is 0 Å². The summed E-state index contributed by atoms with van der Waals surface area (Å²) in [5.74, 6) is -0.349. The third-order valence-electron chi connectivity index (χ3n) is 2.99. The van der Waals surface area contributed by atoms with Gasteiger partial charge in [-0.05, 0) is 13.8 Å². The lowest BCUT2D eigenvalue weighted by Crippen LogP contribution is -2.54. The first-order chi connectivity index (χ1) is 7.00. The largest absolute Gasteiger partial charge is 0.390 e. The quantitative estimate of drug-likeness (QED) is 0.671. The normalized spacial score (nSPS) is 50.1. The molecule has 5 heteroatoms. The molecule has 15 heavy (non-hydrogen) atoms. The van der Waals surface area contributed by atoms with Gasteiger partial charge in [0.1, 0.15) is 12.2 Å². The van der Waals surface area contributed by atoms with Crippen molar-refractivity contribution in [1.29, 1.82) is 0 Å². The number of rotatable bonds is 1. The van der Waals surface area contributed by atoms with Gasteiger partial charge in [0.15, 0.2) is 18.4 Å². The highest BCUT2D eigenvalue weighted by Crippen LogP contribution is 2.34. The van der Waals surface area contributed by atoms with Gasteiger partial charge in [-0.25, -0.2) is 0 Å². The molecule has 0 aromatic carbocycles. The highest BCUT2D eigenvalue weighted by Gasteiger charge is 2.50. The molecule has 2 fully saturated rings. The first-order valence-electron chi connectivity index (χ1n) is 5.15. The summed E-state index contributed by atoms with van der Waals surface area (Å²) in [5, 5.41) is 9.86. The zero-order valence-corrected chi connectivity index (χ0v) is 9.04. The Morgan fingerprint density at radius 1 is 1.20 bits per heavy atom. The molecule has 0 aromatic heterocycles. The van der Waals surface area contributed by atoms with Gasteiger partial charge in [-0.15, -0.1) is 0 Å². The van der Waals surface area contributed by atoms with Crippen molar-refractivity contribution in [3.05, 3.63) is 0 Å². The zero-order valence-electron chi connectivity index (χ0n) is 9.04. The summed E-state index contributed by atoms with van der Waals surface area (Å²) < 4.78 is 16.2. The van der Waals surface area contributed by atoms with Crippen LogP contribution in [0.4, 0.5) is 0 Å². The maximum atomic E-state index is 11.2. The van der Waals surface area contributed by atoms with Crippen LogP contribution < -0.4 is 0 Å². The Morgan fingerprint density at radius 3 is 2.47 bits per heavy atom. The fourth-order valence-corrected chi connectivity index (χ4v) is 2.10. The molecule has 2 heterocycles. The molecule has 0 aliphatic carbocycles. The number of hydrogen-bond acceptors (Lipinski definition) is 5. The molecular weight excluding hydrogens is 200 g/mol. The van der Waals surface area contributed by atoms with E-state index in [0.717, 1.165) is 0 Å². The van der Waals surface area contributed by atoms with Gasteiger partial charge in [0, 0.05) is 5.92 Å². The molecule has 2 aliphatic heterocycles. The number of aliphatic hydroxyl groups is 1. The van der Waals surface area contributed by atoms with Crippen LogP contribution in [-0.2, 0) is 19.0 Å². The highest BCUT2D eigenvalue weighted by atomic mass is 16.8. The van der Waals surface area contributed by atoms with Crippen molar-refractivity contribution in [2.24, 2.45) is 5.92 Å². The summed E-state index contributed by atoms with van der Waals surface area (Å²) in [4.78, 5) is 11.2. The Hall–Kier alpha value is -0.490. The molecule has 0 radical (unpaired) electrons. The average molecular weight is 216 g/mol. The van der Waals surface area contributed by atoms with Crippen molar-refractivity contribution in [1.82, 2.24) is 0 Å². The number of hydrogen-bond donors (Lipinski definition) is 1. The minimum absolute atomic E-state index is 0.164. The van der Waals surface area contributed by atoms with Crippen LogP contribution in [0.15, 0.2) is 0 Å². The Morgan fingerprint density at radius 2 is 1.87 bits per heavy atom. The maximum Gasteiger partial charge on any atom is 0.188 e. The second-order valence-electron chi connectivity index (χ2n) is 4.19. The fourth-order valence-electron chi connectivity index (χ4n) is 2.10. The minimum atomic E-state index is -0.822. The Kier molecular flexibility index (Phi) is 2.81. The van der Waals surface area contributed by atoms with Crippen LogP contribution in [0.1, 0.15) is 20.8 Å². The van der Waals surface area contributed by atoms with Crippen LogP contribution in [0.25, 0.3) is 0 Å². The van der Waals surface area contributed by atoms with Gasteiger partial charge in [0.05, 0.1) is 6.10 Å². The summed E-state index contributed by atoms with van der Waals surface area (Å²) in [5.41, 5.74) is 0. The number of ether oxygens (including phenoxy) is 3. The molecule has 0 spiro atoms. The Labute approximate surface area is 88.3 Å². The van der Waals surface area contributed by atoms with Gasteiger partial charge in [-0.2, -0.15) is 0 Å². The molecule has 0 amide bonds. The summed E-state index contributed by atoms with van der Waals surface area (Å²) in [6.07, 6.45) is -2.79. The number of Topliss-reactive ketones (excluding diaryl/α,β-unsaturated/α-hetero) is 1. The van der Waals surface area contributed by atoms with Crippen molar-refractivity contribution in [3.8, 4) is 0 Å². The Balaban J connectivity index is 2.15. The van der Waals surface area contributed by atoms with Crippen LogP contribution in [0.2, 0.25) is 0 Å². The van der Waals surface area contributed by atoms with Crippen molar-refractivity contribution in [2.75, 3.05) is 0 Å². The van der Waals surface area contributed by atoms with Gasteiger partial charge in [0.25, 0.3) is 0 Å². The molecule has 2 saturated heterocycles. The van der Waals surface area contributed by atoms with Gasteiger partial charge in [-0.1, -0.05) is 6.92 Å². The molecule has 5 nitrogen and oxygen atoms in total. The van der Waals surface area contributed by atoms with E-state index in [4.69, 9.17) is 14.2 Å². The molecule has 1 N–H and O–H groups in total. The topological polar surface area (TPSA) is 65.0 Å². The van der Waals surface area contributed by atoms with Crippen molar-refractivity contribution in [2.45, 2.75) is 51.7 Å². The minimum Gasteiger partial charge on any atom is -0.390 e. The molecular formula is C10H16O5. The van der Waals surface area contributed by atoms with E-state index in [1.807, 2.05) is 6.92 Å². The zero-order chi connectivity index (χ0) is 11.2. The monoisotopic (exact) mass is 216 g/mol. The third kappa shape index (κ3) is 1.80. The lowest BCUT2D eigenvalue weighted by atomic mass is 9.89. The second-order valence-corrected chi connectivity index (χ2v) is 4.19. The van der Waals surface area contributed by atoms with Gasteiger partial charge >= 0.3 is 0 Å². The standard InChI is InChI=1S/C10H16O5/c1-4-7(12)9(5(2)11)15-10-8(4)13-6(3)14-10/h4,6-10,12H,1-3H3/t4?,6?,7-,8-,9-,10+/m0/s1. The summed E-state index contributed by atoms with van der Waals surface area (Å²) in [6.45, 7) is 5.01. The van der Waals surface area contributed by atoms with E-state index in [0.29, 0.717) is 0 Å². The van der Waals surface area contributed by atoms with Crippen LogP contribution in [0, 0.1) is 5.92 Å². The van der Waals surface area contributed by atoms with Crippen LogP contribution in [-0.4, -0.2) is 41.8 Å². The molecule has 86 valence electrons. The molecule has 6 atom stereocenters. The fraction of sp³-hybridized carbons (Fsp3) is 0.900. The van der Waals surface area contributed by atoms with E-state index in [1.54, 1.807) is 6.92 Å². The molecule has 2 rings (SSSR count). The van der Waals surface area contributed by atoms with E-state index in [-0.39, 0.29) is 24.1 Å². The van der Waals surface area contributed by atoms with E-state index in [1.165, 1.54) is 6.92 Å². The van der Waals surface area contributed by atoms with Crippen LogP contribution in [0.3, 0.4) is 0 Å². The van der Waals surface area contributed by atoms with E-state index in [2.05, 4.69) is 0 Å². The number of ketones is 1. The van der Waals surface area contributed by atoms with Crippen molar-refractivity contribution >= 4 is 5.78 Å². The summed E-state index contributed by atoms with van der Waals surface area (Å²) >= 11 is 0. The van der Waals surface area contributed by atoms with Gasteiger partial charge in [-0.3, -0.25) is 4.79 Å². The number of carbonyl (C=O) groups excluding carboxylic acids is 1. The van der Waals surface area contributed by atoms with E-state index < -0.39 is 18.5 Å². The number of aliphatic hydroxyl groups excluding tert-OH is 1.